The van der Waals surface area contributed by atoms with E-state index in [0.29, 0.717) is 16.7 Å². The normalized spacial score (nSPS) is 12.2. The molecule has 0 bridgehead atoms. The number of fused-ring (bicyclic) bond motifs is 4. The number of aromatic nitrogens is 3. The van der Waals surface area contributed by atoms with E-state index in [2.05, 4.69) is 37.1 Å². The first kappa shape index (κ1) is 17.2. The van der Waals surface area contributed by atoms with E-state index in [1.807, 2.05) is 24.3 Å². The van der Waals surface area contributed by atoms with Gasteiger partial charge in [-0.1, -0.05) is 24.3 Å². The highest BCUT2D eigenvalue weighted by atomic mass is 32.2. The fraction of sp³-hybridized carbons (Fsp3) is 0.100. The first-order valence-corrected chi connectivity index (χ1v) is 11.0. The highest BCUT2D eigenvalue weighted by molar-refractivity contribution is 7.93. The summed E-state index contributed by atoms with van der Waals surface area (Å²) in [5, 5.41) is 2.12. The van der Waals surface area contributed by atoms with Gasteiger partial charge in [-0.2, -0.15) is 8.75 Å². The van der Waals surface area contributed by atoms with E-state index in [1.165, 1.54) is 0 Å². The Bertz CT molecular complexity index is 1450. The summed E-state index contributed by atoms with van der Waals surface area (Å²) in [5.74, 6) is 0. The van der Waals surface area contributed by atoms with Gasteiger partial charge in [0, 0.05) is 34.0 Å². The summed E-state index contributed by atoms with van der Waals surface area (Å²) in [7, 11) is -3.78. The number of sulfonamides is 1. The number of nitrogens with zero attached hydrogens (tertiary/aromatic N) is 3. The summed E-state index contributed by atoms with van der Waals surface area (Å²) < 4.78 is 39.2. The molecule has 6 nitrogen and oxygen atoms in total. The summed E-state index contributed by atoms with van der Waals surface area (Å²) in [5.41, 5.74) is 3.71. The van der Waals surface area contributed by atoms with Gasteiger partial charge >= 0.3 is 0 Å². The van der Waals surface area contributed by atoms with Crippen molar-refractivity contribution in [1.29, 1.82) is 0 Å². The van der Waals surface area contributed by atoms with Crippen molar-refractivity contribution < 1.29 is 8.42 Å². The zero-order chi connectivity index (χ0) is 19.3. The fourth-order valence-corrected chi connectivity index (χ4v) is 5.48. The van der Waals surface area contributed by atoms with Gasteiger partial charge in [0.15, 0.2) is 0 Å². The van der Waals surface area contributed by atoms with Gasteiger partial charge in [-0.25, -0.2) is 8.42 Å². The number of hydrogen-bond donors (Lipinski definition) is 1. The topological polar surface area (TPSA) is 76.9 Å². The van der Waals surface area contributed by atoms with Crippen LogP contribution in [0.4, 0.5) is 5.69 Å². The Labute approximate surface area is 165 Å². The number of benzene rings is 3. The Morgan fingerprint density at radius 1 is 0.964 bits per heavy atom. The SMILES string of the molecule is CCn1c2ccccc2c2cc(NS(=O)(=O)c3cccc4nsnc34)ccc21. The molecule has 0 aliphatic rings. The fourth-order valence-electron chi connectivity index (χ4n) is 3.67. The molecule has 0 unspecified atom stereocenters. The predicted octanol–water partition coefficient (Wildman–Crippen LogP) is 4.62. The first-order chi connectivity index (χ1) is 13.6. The summed E-state index contributed by atoms with van der Waals surface area (Å²) in [4.78, 5) is 0.134. The highest BCUT2D eigenvalue weighted by Crippen LogP contribution is 2.32. The van der Waals surface area contributed by atoms with E-state index in [1.54, 1.807) is 24.3 Å². The second kappa shape index (κ2) is 6.29. The van der Waals surface area contributed by atoms with Gasteiger partial charge < -0.3 is 4.57 Å². The Balaban J connectivity index is 1.64. The van der Waals surface area contributed by atoms with Crippen LogP contribution < -0.4 is 4.72 Å². The maximum atomic E-state index is 13.0. The van der Waals surface area contributed by atoms with Crippen molar-refractivity contribution in [3.8, 4) is 0 Å². The first-order valence-electron chi connectivity index (χ1n) is 8.83. The number of para-hydroxylation sites is 1. The van der Waals surface area contributed by atoms with Crippen molar-refractivity contribution in [3.05, 3.63) is 60.7 Å². The molecule has 5 rings (SSSR count). The summed E-state index contributed by atoms with van der Waals surface area (Å²) in [6.07, 6.45) is 0. The molecule has 0 spiro atoms. The van der Waals surface area contributed by atoms with E-state index in [4.69, 9.17) is 0 Å². The average Bonchev–Trinajstić information content (AvgIpc) is 3.29. The summed E-state index contributed by atoms with van der Waals surface area (Å²) in [6.45, 7) is 2.94. The molecule has 8 heteroatoms. The van der Waals surface area contributed by atoms with E-state index >= 15 is 0 Å². The minimum Gasteiger partial charge on any atom is -0.341 e. The second-order valence-corrected chi connectivity index (χ2v) is 8.67. The van der Waals surface area contributed by atoms with Gasteiger partial charge in [-0.15, -0.1) is 0 Å². The number of rotatable bonds is 4. The van der Waals surface area contributed by atoms with Gasteiger partial charge in [0.25, 0.3) is 10.0 Å². The molecule has 0 radical (unpaired) electrons. The third kappa shape index (κ3) is 2.56. The number of hydrogen-bond acceptors (Lipinski definition) is 5. The van der Waals surface area contributed by atoms with Crippen LogP contribution in [0.15, 0.2) is 65.6 Å². The standard InChI is InChI=1S/C20H16N4O2S2/c1-2-24-17-8-4-3-6-14(17)15-12-13(10-11-18(15)24)23-28(25,26)19-9-5-7-16-20(19)22-27-21-16/h3-12,23H,2H2,1H3. The van der Waals surface area contributed by atoms with Crippen LogP contribution in [0.3, 0.4) is 0 Å². The molecule has 0 saturated carbocycles. The average molecular weight is 409 g/mol. The van der Waals surface area contributed by atoms with E-state index < -0.39 is 10.0 Å². The third-order valence-electron chi connectivity index (χ3n) is 4.88. The van der Waals surface area contributed by atoms with Crippen molar-refractivity contribution in [2.75, 3.05) is 4.72 Å². The molecule has 3 aromatic carbocycles. The predicted molar refractivity (Wildman–Crippen MR) is 113 cm³/mol. The van der Waals surface area contributed by atoms with E-state index in [0.717, 1.165) is 40.1 Å². The molecular formula is C20H16N4O2S2. The van der Waals surface area contributed by atoms with Crippen molar-refractivity contribution in [2.45, 2.75) is 18.4 Å². The monoisotopic (exact) mass is 408 g/mol. The molecule has 0 aliphatic carbocycles. The number of anilines is 1. The molecule has 2 heterocycles. The van der Waals surface area contributed by atoms with Gasteiger partial charge in [-0.05, 0) is 43.3 Å². The minimum absolute atomic E-state index is 0.134. The molecule has 140 valence electrons. The van der Waals surface area contributed by atoms with Gasteiger partial charge in [0.1, 0.15) is 15.9 Å². The molecule has 28 heavy (non-hydrogen) atoms. The molecule has 0 fully saturated rings. The van der Waals surface area contributed by atoms with Gasteiger partial charge in [0.2, 0.25) is 0 Å². The maximum Gasteiger partial charge on any atom is 0.264 e. The van der Waals surface area contributed by atoms with Gasteiger partial charge in [-0.3, -0.25) is 4.72 Å². The smallest absolute Gasteiger partial charge is 0.264 e. The van der Waals surface area contributed by atoms with Crippen LogP contribution in [-0.4, -0.2) is 21.7 Å². The Hall–Kier alpha value is -2.97. The molecule has 5 aromatic rings. The van der Waals surface area contributed by atoms with Crippen molar-refractivity contribution in [1.82, 2.24) is 13.3 Å². The lowest BCUT2D eigenvalue weighted by Crippen LogP contribution is -2.13. The van der Waals surface area contributed by atoms with Crippen molar-refractivity contribution in [3.63, 3.8) is 0 Å². The van der Waals surface area contributed by atoms with Crippen molar-refractivity contribution in [2.24, 2.45) is 0 Å². The van der Waals surface area contributed by atoms with Crippen LogP contribution in [0.1, 0.15) is 6.92 Å². The highest BCUT2D eigenvalue weighted by Gasteiger charge is 2.20. The lowest BCUT2D eigenvalue weighted by atomic mass is 10.1. The molecular weight excluding hydrogens is 392 g/mol. The number of aryl methyl sites for hydroxylation is 1. The number of nitrogens with one attached hydrogen (secondary N) is 1. The van der Waals surface area contributed by atoms with Crippen LogP contribution in [-0.2, 0) is 16.6 Å². The summed E-state index contributed by atoms with van der Waals surface area (Å²) >= 11 is 1.00. The molecule has 0 atom stereocenters. The van der Waals surface area contributed by atoms with Gasteiger partial charge in [0.05, 0.1) is 11.7 Å². The molecule has 1 N–H and O–H groups in total. The second-order valence-electron chi connectivity index (χ2n) is 6.49. The Morgan fingerprint density at radius 2 is 1.79 bits per heavy atom. The molecule has 2 aromatic heterocycles. The third-order valence-corrected chi connectivity index (χ3v) is 6.83. The Kier molecular flexibility index (Phi) is 3.85. The lowest BCUT2D eigenvalue weighted by Gasteiger charge is -2.09. The molecule has 0 saturated heterocycles. The van der Waals surface area contributed by atoms with Crippen LogP contribution >= 0.6 is 11.7 Å². The minimum atomic E-state index is -3.78. The summed E-state index contributed by atoms with van der Waals surface area (Å²) in [6, 6.07) is 18.8. The molecule has 0 aliphatic heterocycles. The molecule has 0 amide bonds. The van der Waals surface area contributed by atoms with E-state index in [-0.39, 0.29) is 4.90 Å². The zero-order valence-corrected chi connectivity index (χ0v) is 16.6. The van der Waals surface area contributed by atoms with Crippen LogP contribution in [0.25, 0.3) is 32.8 Å². The Morgan fingerprint density at radius 3 is 2.64 bits per heavy atom. The lowest BCUT2D eigenvalue weighted by molar-refractivity contribution is 0.602. The zero-order valence-electron chi connectivity index (χ0n) is 15.0. The largest absolute Gasteiger partial charge is 0.341 e. The van der Waals surface area contributed by atoms with Crippen LogP contribution in [0, 0.1) is 0 Å². The van der Waals surface area contributed by atoms with E-state index in [9.17, 15) is 8.42 Å². The van der Waals surface area contributed by atoms with Crippen LogP contribution in [0.5, 0.6) is 0 Å². The van der Waals surface area contributed by atoms with Crippen molar-refractivity contribution >= 4 is 60.3 Å². The maximum absolute atomic E-state index is 13.0. The van der Waals surface area contributed by atoms with Crippen LogP contribution in [0.2, 0.25) is 0 Å². The quantitative estimate of drug-likeness (QED) is 0.471.